The first-order chi connectivity index (χ1) is 10.6. The molecule has 0 spiro atoms. The van der Waals surface area contributed by atoms with Crippen LogP contribution in [0.3, 0.4) is 0 Å². The third-order valence-corrected chi connectivity index (χ3v) is 4.43. The second-order valence-electron chi connectivity index (χ2n) is 6.39. The molecule has 0 saturated carbocycles. The Morgan fingerprint density at radius 1 is 1.32 bits per heavy atom. The van der Waals surface area contributed by atoms with Crippen LogP contribution in [-0.2, 0) is 26.6 Å². The minimum atomic E-state index is 0.474. The van der Waals surface area contributed by atoms with Crippen molar-refractivity contribution in [3.05, 3.63) is 47.0 Å². The van der Waals surface area contributed by atoms with Crippen molar-refractivity contribution in [1.29, 1.82) is 0 Å². The van der Waals surface area contributed by atoms with E-state index in [0.29, 0.717) is 5.92 Å². The molecule has 3 rings (SSSR count). The standard InChI is InChI=1S/C18H25N3O/c1-13(2)18-19-16-12-21(9-8-17(16)20(18)3)11-14-6-5-7-15(10-14)22-4/h5-7,10,13H,8-9,11-12H2,1-4H3. The number of ether oxygens (including phenoxy) is 1. The van der Waals surface area contributed by atoms with Crippen molar-refractivity contribution in [3.63, 3.8) is 0 Å². The van der Waals surface area contributed by atoms with E-state index in [4.69, 9.17) is 9.72 Å². The molecule has 0 fully saturated rings. The van der Waals surface area contributed by atoms with Crippen LogP contribution in [-0.4, -0.2) is 28.1 Å². The Bertz CT molecular complexity index is 660. The van der Waals surface area contributed by atoms with Gasteiger partial charge in [0.1, 0.15) is 11.6 Å². The maximum absolute atomic E-state index is 5.31. The van der Waals surface area contributed by atoms with Gasteiger partial charge in [-0.15, -0.1) is 0 Å². The second-order valence-corrected chi connectivity index (χ2v) is 6.39. The Balaban J connectivity index is 1.75. The van der Waals surface area contributed by atoms with Crippen molar-refractivity contribution in [2.24, 2.45) is 7.05 Å². The first-order valence-corrected chi connectivity index (χ1v) is 7.98. The first-order valence-electron chi connectivity index (χ1n) is 7.98. The molecule has 1 aromatic heterocycles. The maximum Gasteiger partial charge on any atom is 0.119 e. The Hall–Kier alpha value is -1.81. The zero-order chi connectivity index (χ0) is 15.7. The van der Waals surface area contributed by atoms with Crippen LogP contribution < -0.4 is 4.74 Å². The van der Waals surface area contributed by atoms with Gasteiger partial charge >= 0.3 is 0 Å². The topological polar surface area (TPSA) is 30.3 Å². The molecule has 1 aromatic carbocycles. The van der Waals surface area contributed by atoms with Crippen LogP contribution in [0.15, 0.2) is 24.3 Å². The highest BCUT2D eigenvalue weighted by Gasteiger charge is 2.23. The van der Waals surface area contributed by atoms with Crippen LogP contribution in [0.25, 0.3) is 0 Å². The molecule has 0 bridgehead atoms. The average molecular weight is 299 g/mol. The Morgan fingerprint density at radius 3 is 2.86 bits per heavy atom. The van der Waals surface area contributed by atoms with Crippen molar-refractivity contribution in [2.45, 2.75) is 39.3 Å². The van der Waals surface area contributed by atoms with Crippen molar-refractivity contribution >= 4 is 0 Å². The van der Waals surface area contributed by atoms with Crippen molar-refractivity contribution < 1.29 is 4.74 Å². The molecule has 2 heterocycles. The van der Waals surface area contributed by atoms with Gasteiger partial charge in [0.05, 0.1) is 12.8 Å². The summed E-state index contributed by atoms with van der Waals surface area (Å²) in [6, 6.07) is 8.33. The van der Waals surface area contributed by atoms with Gasteiger partial charge in [-0.25, -0.2) is 4.98 Å². The molecule has 0 radical (unpaired) electrons. The molecule has 0 unspecified atom stereocenters. The molecule has 0 saturated heterocycles. The van der Waals surface area contributed by atoms with Gasteiger partial charge in [-0.1, -0.05) is 26.0 Å². The molecule has 118 valence electrons. The van der Waals surface area contributed by atoms with Crippen LogP contribution in [0.2, 0.25) is 0 Å². The number of aromatic nitrogens is 2. The molecule has 4 heteroatoms. The summed E-state index contributed by atoms with van der Waals surface area (Å²) in [7, 11) is 3.87. The monoisotopic (exact) mass is 299 g/mol. The summed E-state index contributed by atoms with van der Waals surface area (Å²) in [6.07, 6.45) is 1.08. The highest BCUT2D eigenvalue weighted by atomic mass is 16.5. The van der Waals surface area contributed by atoms with Gasteiger partial charge in [0.15, 0.2) is 0 Å². The van der Waals surface area contributed by atoms with Crippen LogP contribution >= 0.6 is 0 Å². The highest BCUT2D eigenvalue weighted by Crippen LogP contribution is 2.24. The number of methoxy groups -OCH3 is 1. The van der Waals surface area contributed by atoms with Crippen LogP contribution in [0, 0.1) is 0 Å². The summed E-state index contributed by atoms with van der Waals surface area (Å²) in [4.78, 5) is 7.34. The van der Waals surface area contributed by atoms with Gasteiger partial charge in [0, 0.05) is 44.7 Å². The fourth-order valence-electron chi connectivity index (χ4n) is 3.28. The van der Waals surface area contributed by atoms with Crippen molar-refractivity contribution in [1.82, 2.24) is 14.5 Å². The number of nitrogens with zero attached hydrogens (tertiary/aromatic N) is 3. The van der Waals surface area contributed by atoms with E-state index in [1.54, 1.807) is 7.11 Å². The van der Waals surface area contributed by atoms with Gasteiger partial charge in [-0.2, -0.15) is 0 Å². The number of hydrogen-bond acceptors (Lipinski definition) is 3. The molecular formula is C18H25N3O. The number of benzene rings is 1. The molecule has 22 heavy (non-hydrogen) atoms. The number of imidazole rings is 1. The SMILES string of the molecule is COc1cccc(CN2CCc3c(nc(C(C)C)n3C)C2)c1. The molecular weight excluding hydrogens is 274 g/mol. The van der Waals surface area contributed by atoms with E-state index >= 15 is 0 Å². The molecule has 0 amide bonds. The number of fused-ring (bicyclic) bond motifs is 1. The van der Waals surface area contributed by atoms with Crippen molar-refractivity contribution in [2.75, 3.05) is 13.7 Å². The predicted molar refractivity (Wildman–Crippen MR) is 88.1 cm³/mol. The lowest BCUT2D eigenvalue weighted by molar-refractivity contribution is 0.240. The lowest BCUT2D eigenvalue weighted by Gasteiger charge is -2.26. The summed E-state index contributed by atoms with van der Waals surface area (Å²) in [5.41, 5.74) is 3.95. The minimum Gasteiger partial charge on any atom is -0.497 e. The quantitative estimate of drug-likeness (QED) is 0.869. The molecule has 0 aliphatic carbocycles. The normalized spacial score (nSPS) is 15.1. The second kappa shape index (κ2) is 6.13. The first kappa shape index (κ1) is 15.1. The lowest BCUT2D eigenvalue weighted by atomic mass is 10.1. The fourth-order valence-corrected chi connectivity index (χ4v) is 3.28. The predicted octanol–water partition coefficient (Wildman–Crippen LogP) is 3.11. The van der Waals surface area contributed by atoms with E-state index in [0.717, 1.165) is 31.8 Å². The average Bonchev–Trinajstić information content (AvgIpc) is 2.84. The van der Waals surface area contributed by atoms with E-state index in [1.807, 2.05) is 6.07 Å². The van der Waals surface area contributed by atoms with Crippen LogP contribution in [0.4, 0.5) is 0 Å². The largest absolute Gasteiger partial charge is 0.497 e. The smallest absolute Gasteiger partial charge is 0.119 e. The highest BCUT2D eigenvalue weighted by molar-refractivity contribution is 5.29. The fraction of sp³-hybridized carbons (Fsp3) is 0.500. The molecule has 0 N–H and O–H groups in total. The molecule has 0 atom stereocenters. The van der Waals surface area contributed by atoms with Gasteiger partial charge in [-0.05, 0) is 17.7 Å². The maximum atomic E-state index is 5.31. The van der Waals surface area contributed by atoms with Gasteiger partial charge in [-0.3, -0.25) is 4.90 Å². The summed E-state index contributed by atoms with van der Waals surface area (Å²) < 4.78 is 7.61. The molecule has 1 aliphatic heterocycles. The van der Waals surface area contributed by atoms with E-state index in [2.05, 4.69) is 48.6 Å². The summed E-state index contributed by atoms with van der Waals surface area (Å²) in [5.74, 6) is 2.60. The molecule has 2 aromatic rings. The van der Waals surface area contributed by atoms with E-state index < -0.39 is 0 Å². The minimum absolute atomic E-state index is 0.474. The van der Waals surface area contributed by atoms with Gasteiger partial charge in [0.25, 0.3) is 0 Å². The lowest BCUT2D eigenvalue weighted by Crippen LogP contribution is -2.30. The third-order valence-electron chi connectivity index (χ3n) is 4.43. The van der Waals surface area contributed by atoms with E-state index in [1.165, 1.54) is 22.8 Å². The zero-order valence-corrected chi connectivity index (χ0v) is 14.0. The number of hydrogen-bond donors (Lipinski definition) is 0. The third kappa shape index (κ3) is 2.88. The summed E-state index contributed by atoms with van der Waals surface area (Å²) in [5, 5.41) is 0. The Morgan fingerprint density at radius 2 is 2.14 bits per heavy atom. The number of rotatable bonds is 4. The zero-order valence-electron chi connectivity index (χ0n) is 14.0. The van der Waals surface area contributed by atoms with E-state index in [-0.39, 0.29) is 0 Å². The van der Waals surface area contributed by atoms with Gasteiger partial charge < -0.3 is 9.30 Å². The van der Waals surface area contributed by atoms with Crippen LogP contribution in [0.5, 0.6) is 5.75 Å². The van der Waals surface area contributed by atoms with Crippen LogP contribution in [0.1, 0.15) is 42.5 Å². The Kier molecular flexibility index (Phi) is 4.21. The van der Waals surface area contributed by atoms with Gasteiger partial charge in [0.2, 0.25) is 0 Å². The molecule has 4 nitrogen and oxygen atoms in total. The Labute approximate surface area is 132 Å². The van der Waals surface area contributed by atoms with E-state index in [9.17, 15) is 0 Å². The molecule has 1 aliphatic rings. The van der Waals surface area contributed by atoms with Crippen molar-refractivity contribution in [3.8, 4) is 5.75 Å². The summed E-state index contributed by atoms with van der Waals surface area (Å²) >= 11 is 0. The summed E-state index contributed by atoms with van der Waals surface area (Å²) in [6.45, 7) is 7.39.